The summed E-state index contributed by atoms with van der Waals surface area (Å²) < 4.78 is 25.3. The summed E-state index contributed by atoms with van der Waals surface area (Å²) in [5.41, 5.74) is 1.81. The average Bonchev–Trinajstić information content (AvgIpc) is 3.25. The molecule has 3 N–H and O–H groups in total. The molecule has 1 heterocycles. The number of nitrogens with one attached hydrogen (secondary N) is 3. The Morgan fingerprint density at radius 2 is 2.17 bits per heavy atom. The quantitative estimate of drug-likeness (QED) is 0.767. The number of hydrogen-bond acceptors (Lipinski definition) is 2. The number of hydrogen-bond donors (Lipinski definition) is 3. The van der Waals surface area contributed by atoms with Crippen LogP contribution in [0.25, 0.3) is 11.0 Å². The maximum atomic E-state index is 12.7. The van der Waals surface area contributed by atoms with Crippen molar-refractivity contribution >= 4 is 22.8 Å². The third-order valence-electron chi connectivity index (χ3n) is 5.36. The summed E-state index contributed by atoms with van der Waals surface area (Å²) in [5, 5.41) is 5.74. The highest BCUT2D eigenvalue weighted by atomic mass is 19.3. The fourth-order valence-electron chi connectivity index (χ4n) is 3.70. The minimum Gasteiger partial charge on any atom is -0.337 e. The highest BCUT2D eigenvalue weighted by Crippen LogP contribution is 2.56. The van der Waals surface area contributed by atoms with Crippen molar-refractivity contribution in [2.75, 3.05) is 11.9 Å². The van der Waals surface area contributed by atoms with Gasteiger partial charge in [0.1, 0.15) is 0 Å². The van der Waals surface area contributed by atoms with Crippen molar-refractivity contribution in [1.29, 1.82) is 0 Å². The van der Waals surface area contributed by atoms with E-state index in [0.717, 1.165) is 5.92 Å². The minimum absolute atomic E-state index is 0.255. The molecule has 1 aromatic heterocycles. The number of anilines is 1. The van der Waals surface area contributed by atoms with Gasteiger partial charge in [-0.25, -0.2) is 18.6 Å². The summed E-state index contributed by atoms with van der Waals surface area (Å²) in [6.07, 6.45) is 3.59. The van der Waals surface area contributed by atoms with E-state index in [1.54, 1.807) is 18.2 Å². The van der Waals surface area contributed by atoms with Crippen LogP contribution in [-0.2, 0) is 0 Å². The fraction of sp³-hybridized carbons (Fsp3) is 0.529. The van der Waals surface area contributed by atoms with Crippen LogP contribution in [0.15, 0.2) is 18.2 Å². The van der Waals surface area contributed by atoms with Gasteiger partial charge in [-0.3, -0.25) is 0 Å². The highest BCUT2D eigenvalue weighted by molar-refractivity contribution is 5.91. The Balaban J connectivity index is 1.39. The van der Waals surface area contributed by atoms with Crippen LogP contribution in [-0.4, -0.2) is 22.5 Å². The van der Waals surface area contributed by atoms with Crippen LogP contribution in [0.1, 0.15) is 44.4 Å². The molecule has 7 heteroatoms. The first-order chi connectivity index (χ1) is 11.6. The van der Waals surface area contributed by atoms with Crippen LogP contribution < -0.4 is 10.6 Å². The summed E-state index contributed by atoms with van der Waals surface area (Å²) >= 11 is 0. The molecule has 0 atom stereocenters. The molecule has 0 saturated heterocycles. The molecule has 2 aliphatic rings. The van der Waals surface area contributed by atoms with Gasteiger partial charge < -0.3 is 15.6 Å². The molecule has 128 valence electrons. The summed E-state index contributed by atoms with van der Waals surface area (Å²) in [6, 6.07) is 4.64. The lowest BCUT2D eigenvalue weighted by atomic mass is 9.65. The van der Waals surface area contributed by atoms with E-state index in [1.165, 1.54) is 32.1 Å². The largest absolute Gasteiger partial charge is 0.337 e. The van der Waals surface area contributed by atoms with Gasteiger partial charge in [0.05, 0.1) is 11.0 Å². The van der Waals surface area contributed by atoms with Crippen LogP contribution in [0, 0.1) is 11.3 Å². The first kappa shape index (κ1) is 15.4. The average molecular weight is 334 g/mol. The number of aromatic amines is 1. The van der Waals surface area contributed by atoms with Gasteiger partial charge in [-0.2, -0.15) is 0 Å². The zero-order valence-electron chi connectivity index (χ0n) is 13.2. The van der Waals surface area contributed by atoms with Gasteiger partial charge in [-0.15, -0.1) is 0 Å². The lowest BCUT2D eigenvalue weighted by Crippen LogP contribution is -2.44. The van der Waals surface area contributed by atoms with Crippen LogP contribution in [0.2, 0.25) is 0 Å². The Labute approximate surface area is 138 Å². The Morgan fingerprint density at radius 1 is 1.38 bits per heavy atom. The lowest BCUT2D eigenvalue weighted by Gasteiger charge is -2.42. The summed E-state index contributed by atoms with van der Waals surface area (Å²) in [5.74, 6) is 0.420. The second-order valence-electron chi connectivity index (χ2n) is 6.95. The highest BCUT2D eigenvalue weighted by Gasteiger charge is 2.48. The summed E-state index contributed by atoms with van der Waals surface area (Å²) in [7, 11) is 0. The zero-order valence-corrected chi connectivity index (χ0v) is 13.2. The van der Waals surface area contributed by atoms with Crippen LogP contribution in [0.4, 0.5) is 19.3 Å². The zero-order chi connectivity index (χ0) is 16.7. The minimum atomic E-state index is -2.64. The second kappa shape index (κ2) is 5.72. The normalized spacial score (nSPS) is 19.3. The molecule has 5 nitrogen and oxygen atoms in total. The first-order valence-corrected chi connectivity index (χ1v) is 8.38. The molecule has 0 unspecified atom stereocenters. The summed E-state index contributed by atoms with van der Waals surface area (Å²) in [6.45, 7) is 0.714. The number of benzene rings is 1. The number of nitrogens with zero attached hydrogens (tertiary/aromatic N) is 1. The van der Waals surface area contributed by atoms with Gasteiger partial charge in [0, 0.05) is 12.2 Å². The molecule has 2 saturated carbocycles. The van der Waals surface area contributed by atoms with Gasteiger partial charge in [0.2, 0.25) is 0 Å². The molecule has 0 spiro atoms. The van der Waals surface area contributed by atoms with Crippen molar-refractivity contribution in [3.8, 4) is 0 Å². The molecular weight excluding hydrogens is 314 g/mol. The third kappa shape index (κ3) is 2.83. The van der Waals surface area contributed by atoms with Crippen molar-refractivity contribution < 1.29 is 13.6 Å². The number of aromatic nitrogens is 2. The SMILES string of the molecule is O=C(NCC1(C2CC2)CCC1)Nc1ccc2nc(C(F)F)[nH]c2c1. The van der Waals surface area contributed by atoms with Gasteiger partial charge >= 0.3 is 6.03 Å². The van der Waals surface area contributed by atoms with E-state index < -0.39 is 6.43 Å². The number of halogens is 2. The van der Waals surface area contributed by atoms with Gasteiger partial charge in [-0.05, 0) is 55.2 Å². The van der Waals surface area contributed by atoms with Crippen LogP contribution in [0.3, 0.4) is 0 Å². The predicted octanol–water partition coefficient (Wildman–Crippen LogP) is 4.20. The van der Waals surface area contributed by atoms with E-state index in [-0.39, 0.29) is 11.9 Å². The van der Waals surface area contributed by atoms with Gasteiger partial charge in [-0.1, -0.05) is 6.42 Å². The molecule has 2 aromatic rings. The molecule has 4 rings (SSSR count). The Hall–Kier alpha value is -2.18. The monoisotopic (exact) mass is 334 g/mol. The van der Waals surface area contributed by atoms with Crippen molar-refractivity contribution in [2.24, 2.45) is 11.3 Å². The Bertz CT molecular complexity index is 765. The standard InChI is InChI=1S/C17H20F2N4O/c18-14(19)15-22-12-5-4-11(8-13(12)23-15)21-16(24)20-9-17(6-1-7-17)10-2-3-10/h4-5,8,10,14H,1-3,6-7,9H2,(H,22,23)(H2,20,21,24). The van der Waals surface area contributed by atoms with E-state index in [0.29, 0.717) is 28.7 Å². The molecule has 0 radical (unpaired) electrons. The predicted molar refractivity (Wildman–Crippen MR) is 87.1 cm³/mol. The number of urea groups is 1. The number of carbonyl (C=O) groups is 1. The maximum absolute atomic E-state index is 12.7. The van der Waals surface area contributed by atoms with E-state index in [2.05, 4.69) is 20.6 Å². The molecule has 1 aromatic carbocycles. The lowest BCUT2D eigenvalue weighted by molar-refractivity contribution is 0.103. The smallest absolute Gasteiger partial charge is 0.319 e. The first-order valence-electron chi connectivity index (χ1n) is 8.38. The van der Waals surface area contributed by atoms with Crippen LogP contribution >= 0.6 is 0 Å². The van der Waals surface area contributed by atoms with E-state index >= 15 is 0 Å². The number of imidazole rings is 1. The number of fused-ring (bicyclic) bond motifs is 1. The van der Waals surface area contributed by atoms with Crippen molar-refractivity contribution in [1.82, 2.24) is 15.3 Å². The maximum Gasteiger partial charge on any atom is 0.319 e. The van der Waals surface area contributed by atoms with E-state index in [1.807, 2.05) is 0 Å². The molecule has 2 amide bonds. The Kier molecular flexibility index (Phi) is 3.66. The van der Waals surface area contributed by atoms with E-state index in [4.69, 9.17) is 0 Å². The fourth-order valence-corrected chi connectivity index (χ4v) is 3.70. The molecule has 2 aliphatic carbocycles. The number of H-pyrrole nitrogens is 1. The number of alkyl halides is 2. The summed E-state index contributed by atoms with van der Waals surface area (Å²) in [4.78, 5) is 18.5. The van der Waals surface area contributed by atoms with E-state index in [9.17, 15) is 13.6 Å². The molecule has 2 fully saturated rings. The van der Waals surface area contributed by atoms with Crippen molar-refractivity contribution in [3.05, 3.63) is 24.0 Å². The topological polar surface area (TPSA) is 69.8 Å². The number of amides is 2. The number of carbonyl (C=O) groups excluding carboxylic acids is 1. The molecule has 0 bridgehead atoms. The second-order valence-corrected chi connectivity index (χ2v) is 6.95. The molecule has 24 heavy (non-hydrogen) atoms. The van der Waals surface area contributed by atoms with Gasteiger partial charge in [0.15, 0.2) is 5.82 Å². The molecular formula is C17H20F2N4O. The number of rotatable bonds is 5. The van der Waals surface area contributed by atoms with Crippen molar-refractivity contribution in [3.63, 3.8) is 0 Å². The van der Waals surface area contributed by atoms with Gasteiger partial charge in [0.25, 0.3) is 6.43 Å². The van der Waals surface area contributed by atoms with Crippen LogP contribution in [0.5, 0.6) is 0 Å². The molecule has 0 aliphatic heterocycles. The Morgan fingerprint density at radius 3 is 2.79 bits per heavy atom. The third-order valence-corrected chi connectivity index (χ3v) is 5.36. The van der Waals surface area contributed by atoms with Crippen molar-refractivity contribution in [2.45, 2.75) is 38.5 Å².